The number of ether oxygens (including phenoxy) is 1. The summed E-state index contributed by atoms with van der Waals surface area (Å²) in [5.41, 5.74) is 0.446. The highest BCUT2D eigenvalue weighted by Gasteiger charge is 2.53. The van der Waals surface area contributed by atoms with E-state index in [-0.39, 0.29) is 5.60 Å². The van der Waals surface area contributed by atoms with Crippen LogP contribution in [0.2, 0.25) is 0 Å². The molecule has 2 unspecified atom stereocenters. The first kappa shape index (κ1) is 16.1. The third-order valence-electron chi connectivity index (χ3n) is 8.22. The molecule has 0 spiro atoms. The van der Waals surface area contributed by atoms with Crippen LogP contribution >= 0.6 is 0 Å². The molecule has 6 bridgehead atoms. The lowest BCUT2D eigenvalue weighted by Crippen LogP contribution is -2.54. The summed E-state index contributed by atoms with van der Waals surface area (Å²) in [5, 5.41) is 0. The molecule has 0 amide bonds. The highest BCUT2D eigenvalue weighted by atomic mass is 17.2. The molecule has 6 aliphatic rings. The molecule has 3 nitrogen and oxygen atoms in total. The molecule has 1 saturated heterocycles. The second-order valence-electron chi connectivity index (χ2n) is 10.5. The first-order valence-electron chi connectivity index (χ1n) is 10.5. The predicted octanol–water partition coefficient (Wildman–Crippen LogP) is 5.24. The van der Waals surface area contributed by atoms with Gasteiger partial charge in [-0.05, 0) is 101 Å². The van der Waals surface area contributed by atoms with E-state index in [1.54, 1.807) is 0 Å². The molecule has 0 radical (unpaired) electrons. The van der Waals surface area contributed by atoms with Crippen LogP contribution in [0.1, 0.15) is 84.5 Å². The topological polar surface area (TPSA) is 27.7 Å². The van der Waals surface area contributed by atoms with Gasteiger partial charge in [-0.1, -0.05) is 0 Å². The fourth-order valence-electron chi connectivity index (χ4n) is 7.32. The predicted molar refractivity (Wildman–Crippen MR) is 92.1 cm³/mol. The van der Waals surface area contributed by atoms with Gasteiger partial charge in [0.15, 0.2) is 0 Å². The fourth-order valence-corrected chi connectivity index (χ4v) is 7.32. The number of rotatable bonds is 4. The van der Waals surface area contributed by atoms with Crippen LogP contribution in [-0.4, -0.2) is 18.0 Å². The molecule has 5 aliphatic carbocycles. The summed E-state index contributed by atoms with van der Waals surface area (Å²) >= 11 is 0. The lowest BCUT2D eigenvalue weighted by Gasteiger charge is -2.57. The third kappa shape index (κ3) is 2.66. The standard InChI is InChI=1S/C21H34O3/c1-19(2)18-4-3-5-21(14-18,24-23-19)22-7-6-20-11-15-8-16(12-20)10-17(9-15)13-20/h15-18H,3-14H2,1-2H3. The van der Waals surface area contributed by atoms with Crippen LogP contribution in [0.25, 0.3) is 0 Å². The third-order valence-corrected chi connectivity index (χ3v) is 8.22. The Kier molecular flexibility index (Phi) is 3.64. The average Bonchev–Trinajstić information content (AvgIpc) is 2.51. The Morgan fingerprint density at radius 3 is 2.25 bits per heavy atom. The van der Waals surface area contributed by atoms with Gasteiger partial charge in [-0.2, -0.15) is 0 Å². The molecule has 0 aromatic rings. The van der Waals surface area contributed by atoms with Crippen molar-refractivity contribution in [1.29, 1.82) is 0 Å². The summed E-state index contributed by atoms with van der Waals surface area (Å²) in [7, 11) is 0. The van der Waals surface area contributed by atoms with Gasteiger partial charge in [0.25, 0.3) is 0 Å². The Morgan fingerprint density at radius 1 is 0.917 bits per heavy atom. The minimum absolute atomic E-state index is 0.160. The first-order chi connectivity index (χ1) is 11.5. The molecule has 3 heteroatoms. The van der Waals surface area contributed by atoms with E-state index in [4.69, 9.17) is 14.5 Å². The zero-order chi connectivity index (χ0) is 16.4. The minimum atomic E-state index is -0.444. The summed E-state index contributed by atoms with van der Waals surface area (Å²) in [6.07, 6.45) is 14.7. The Labute approximate surface area is 146 Å². The molecule has 1 aliphatic heterocycles. The maximum atomic E-state index is 6.43. The van der Waals surface area contributed by atoms with E-state index in [0.29, 0.717) is 11.3 Å². The smallest absolute Gasteiger partial charge is 0.201 e. The van der Waals surface area contributed by atoms with Gasteiger partial charge in [0, 0.05) is 12.8 Å². The second-order valence-corrected chi connectivity index (χ2v) is 10.5. The molecule has 6 fully saturated rings. The van der Waals surface area contributed by atoms with Crippen LogP contribution in [-0.2, 0) is 14.5 Å². The molecule has 136 valence electrons. The summed E-state index contributed by atoms with van der Waals surface area (Å²) in [6.45, 7) is 5.17. The van der Waals surface area contributed by atoms with Crippen LogP contribution in [0.4, 0.5) is 0 Å². The van der Waals surface area contributed by atoms with Gasteiger partial charge in [-0.3, -0.25) is 0 Å². The van der Waals surface area contributed by atoms with E-state index < -0.39 is 5.79 Å². The van der Waals surface area contributed by atoms with Gasteiger partial charge in [0.05, 0.1) is 6.61 Å². The molecular weight excluding hydrogens is 300 g/mol. The quantitative estimate of drug-likeness (QED) is 0.658. The molecule has 0 N–H and O–H groups in total. The summed E-state index contributed by atoms with van der Waals surface area (Å²) < 4.78 is 6.43. The highest BCUT2D eigenvalue weighted by Crippen LogP contribution is 2.61. The molecule has 2 atom stereocenters. The molecule has 0 aromatic carbocycles. The zero-order valence-corrected chi connectivity index (χ0v) is 15.5. The zero-order valence-electron chi connectivity index (χ0n) is 15.5. The highest BCUT2D eigenvalue weighted by molar-refractivity contribution is 5.01. The molecule has 6 rings (SSSR count). The SMILES string of the molecule is CC1(C)OOC2(OCCC34CC5CC(CC(C5)C3)C4)CCCC1C2. The van der Waals surface area contributed by atoms with Crippen molar-refractivity contribution < 1.29 is 14.5 Å². The number of hydrogen-bond acceptors (Lipinski definition) is 3. The summed E-state index contributed by atoms with van der Waals surface area (Å²) in [5.74, 6) is 3.22. The van der Waals surface area contributed by atoms with Crippen molar-refractivity contribution in [3.05, 3.63) is 0 Å². The van der Waals surface area contributed by atoms with Crippen molar-refractivity contribution in [2.75, 3.05) is 6.61 Å². The summed E-state index contributed by atoms with van der Waals surface area (Å²) in [6, 6.07) is 0. The maximum absolute atomic E-state index is 6.43. The van der Waals surface area contributed by atoms with Crippen molar-refractivity contribution in [2.24, 2.45) is 29.1 Å². The normalized spacial score (nSPS) is 51.8. The molecule has 0 aromatic heterocycles. The monoisotopic (exact) mass is 334 g/mol. The fraction of sp³-hybridized carbons (Fsp3) is 1.00. The van der Waals surface area contributed by atoms with Crippen LogP contribution in [0.5, 0.6) is 0 Å². The van der Waals surface area contributed by atoms with Crippen LogP contribution < -0.4 is 0 Å². The van der Waals surface area contributed by atoms with Crippen molar-refractivity contribution >= 4 is 0 Å². The minimum Gasteiger partial charge on any atom is -0.347 e. The van der Waals surface area contributed by atoms with E-state index >= 15 is 0 Å². The van der Waals surface area contributed by atoms with Crippen LogP contribution in [0.3, 0.4) is 0 Å². The van der Waals surface area contributed by atoms with E-state index in [2.05, 4.69) is 13.8 Å². The van der Waals surface area contributed by atoms with Crippen molar-refractivity contribution in [1.82, 2.24) is 0 Å². The Balaban J connectivity index is 1.21. The average molecular weight is 335 g/mol. The molecule has 24 heavy (non-hydrogen) atoms. The van der Waals surface area contributed by atoms with Gasteiger partial charge in [0.1, 0.15) is 5.60 Å². The number of fused-ring (bicyclic) bond motifs is 2. The number of hydrogen-bond donors (Lipinski definition) is 0. The van der Waals surface area contributed by atoms with Crippen LogP contribution in [0.15, 0.2) is 0 Å². The van der Waals surface area contributed by atoms with E-state index in [9.17, 15) is 0 Å². The second kappa shape index (κ2) is 5.44. The molecule has 5 saturated carbocycles. The molecule has 1 heterocycles. The van der Waals surface area contributed by atoms with Crippen LogP contribution in [0, 0.1) is 29.1 Å². The lowest BCUT2D eigenvalue weighted by atomic mass is 9.49. The van der Waals surface area contributed by atoms with Gasteiger partial charge in [-0.15, -0.1) is 0 Å². The Bertz CT molecular complexity index is 464. The lowest BCUT2D eigenvalue weighted by molar-refractivity contribution is -0.506. The van der Waals surface area contributed by atoms with Gasteiger partial charge in [0.2, 0.25) is 5.79 Å². The van der Waals surface area contributed by atoms with Crippen molar-refractivity contribution in [2.45, 2.75) is 95.9 Å². The van der Waals surface area contributed by atoms with E-state index in [0.717, 1.165) is 37.2 Å². The largest absolute Gasteiger partial charge is 0.347 e. The van der Waals surface area contributed by atoms with E-state index in [1.165, 1.54) is 57.8 Å². The first-order valence-corrected chi connectivity index (χ1v) is 10.5. The van der Waals surface area contributed by atoms with E-state index in [1.807, 2.05) is 0 Å². The Morgan fingerprint density at radius 2 is 1.58 bits per heavy atom. The summed E-state index contributed by atoms with van der Waals surface area (Å²) in [4.78, 5) is 11.6. The van der Waals surface area contributed by atoms with Gasteiger partial charge >= 0.3 is 0 Å². The van der Waals surface area contributed by atoms with Gasteiger partial charge < -0.3 is 4.74 Å². The molecular formula is C21H34O3. The van der Waals surface area contributed by atoms with Crippen molar-refractivity contribution in [3.63, 3.8) is 0 Å². The Hall–Kier alpha value is -0.120. The maximum Gasteiger partial charge on any atom is 0.201 e. The van der Waals surface area contributed by atoms with Gasteiger partial charge in [-0.25, -0.2) is 9.78 Å². The van der Waals surface area contributed by atoms with Crippen molar-refractivity contribution in [3.8, 4) is 0 Å².